The van der Waals surface area contributed by atoms with Gasteiger partial charge >= 0.3 is 0 Å². The van der Waals surface area contributed by atoms with E-state index < -0.39 is 0 Å². The molecule has 1 aromatic rings. The molecule has 2 nitrogen and oxygen atoms in total. The van der Waals surface area contributed by atoms with Gasteiger partial charge in [-0.25, -0.2) is 0 Å². The SMILES string of the molecule is CC(C)(C)[C@H](N)c1ccc(Cl)c(Br)c1O. The lowest BCUT2D eigenvalue weighted by Crippen LogP contribution is -2.26. The van der Waals surface area contributed by atoms with Crippen LogP contribution in [0.1, 0.15) is 32.4 Å². The molecule has 0 bridgehead atoms. The van der Waals surface area contributed by atoms with Crippen LogP contribution in [0.4, 0.5) is 0 Å². The van der Waals surface area contributed by atoms with Crippen LogP contribution >= 0.6 is 27.5 Å². The minimum Gasteiger partial charge on any atom is -0.506 e. The van der Waals surface area contributed by atoms with Crippen LogP contribution in [0.3, 0.4) is 0 Å². The summed E-state index contributed by atoms with van der Waals surface area (Å²) >= 11 is 9.08. The highest BCUT2D eigenvalue weighted by Gasteiger charge is 2.25. The molecule has 0 aliphatic rings. The number of benzene rings is 1. The Labute approximate surface area is 104 Å². The molecule has 0 aliphatic heterocycles. The molecule has 84 valence electrons. The van der Waals surface area contributed by atoms with Gasteiger partial charge in [0, 0.05) is 11.6 Å². The Bertz CT molecular complexity index is 374. The molecule has 0 saturated carbocycles. The van der Waals surface area contributed by atoms with E-state index in [1.165, 1.54) is 0 Å². The van der Waals surface area contributed by atoms with Crippen LogP contribution in [-0.2, 0) is 0 Å². The predicted molar refractivity (Wildman–Crippen MR) is 67.2 cm³/mol. The van der Waals surface area contributed by atoms with Gasteiger partial charge in [-0.2, -0.15) is 0 Å². The third-order valence-corrected chi connectivity index (χ3v) is 3.71. The molecule has 3 N–H and O–H groups in total. The Morgan fingerprint density at radius 1 is 1.40 bits per heavy atom. The second-order valence-electron chi connectivity index (χ2n) is 4.64. The number of rotatable bonds is 1. The molecule has 0 radical (unpaired) electrons. The summed E-state index contributed by atoms with van der Waals surface area (Å²) in [6.45, 7) is 6.08. The Balaban J connectivity index is 3.23. The van der Waals surface area contributed by atoms with E-state index in [-0.39, 0.29) is 17.2 Å². The lowest BCUT2D eigenvalue weighted by Gasteiger charge is -2.28. The summed E-state index contributed by atoms with van der Waals surface area (Å²) in [4.78, 5) is 0. The average Bonchev–Trinajstić information content (AvgIpc) is 2.12. The number of hydrogen-bond acceptors (Lipinski definition) is 2. The van der Waals surface area contributed by atoms with E-state index in [1.807, 2.05) is 20.8 Å². The molecule has 0 saturated heterocycles. The molecule has 1 aromatic carbocycles. The van der Waals surface area contributed by atoms with Crippen LogP contribution in [0, 0.1) is 5.41 Å². The van der Waals surface area contributed by atoms with Crippen molar-refractivity contribution in [3.8, 4) is 5.75 Å². The summed E-state index contributed by atoms with van der Waals surface area (Å²) in [6, 6.07) is 3.26. The number of hydrogen-bond donors (Lipinski definition) is 2. The van der Waals surface area contributed by atoms with Gasteiger partial charge in [-0.1, -0.05) is 38.4 Å². The zero-order chi connectivity index (χ0) is 11.8. The van der Waals surface area contributed by atoms with E-state index in [0.717, 1.165) is 0 Å². The lowest BCUT2D eigenvalue weighted by atomic mass is 9.83. The molecule has 1 atom stereocenters. The first-order valence-electron chi connectivity index (χ1n) is 4.67. The van der Waals surface area contributed by atoms with Gasteiger partial charge in [0.1, 0.15) is 5.75 Å². The second kappa shape index (κ2) is 4.32. The van der Waals surface area contributed by atoms with Crippen molar-refractivity contribution in [3.63, 3.8) is 0 Å². The Hall–Kier alpha value is -0.250. The zero-order valence-electron chi connectivity index (χ0n) is 9.01. The lowest BCUT2D eigenvalue weighted by molar-refractivity contribution is 0.317. The normalized spacial score (nSPS) is 14.0. The summed E-state index contributed by atoms with van der Waals surface area (Å²) in [7, 11) is 0. The third-order valence-electron chi connectivity index (χ3n) is 2.37. The standard InChI is InChI=1S/C11H15BrClNO/c1-11(2,3)10(14)6-4-5-7(13)8(12)9(6)15/h4-5,10,15H,14H2,1-3H3/t10-/m1/s1. The van der Waals surface area contributed by atoms with Crippen LogP contribution in [-0.4, -0.2) is 5.11 Å². The summed E-state index contributed by atoms with van der Waals surface area (Å²) in [5, 5.41) is 10.4. The van der Waals surface area contributed by atoms with Gasteiger partial charge in [0.25, 0.3) is 0 Å². The van der Waals surface area contributed by atoms with E-state index in [4.69, 9.17) is 17.3 Å². The largest absolute Gasteiger partial charge is 0.506 e. The first-order valence-corrected chi connectivity index (χ1v) is 5.84. The minimum absolute atomic E-state index is 0.106. The molecule has 0 fully saturated rings. The van der Waals surface area contributed by atoms with Crippen LogP contribution < -0.4 is 5.73 Å². The van der Waals surface area contributed by atoms with Crippen molar-refractivity contribution in [1.29, 1.82) is 0 Å². The summed E-state index contributed by atoms with van der Waals surface area (Å²) in [6.07, 6.45) is 0. The maximum atomic E-state index is 9.90. The first-order chi connectivity index (χ1) is 6.75. The van der Waals surface area contributed by atoms with Gasteiger partial charge < -0.3 is 10.8 Å². The Morgan fingerprint density at radius 3 is 2.40 bits per heavy atom. The van der Waals surface area contributed by atoms with Crippen molar-refractivity contribution in [3.05, 3.63) is 27.2 Å². The van der Waals surface area contributed by atoms with E-state index in [9.17, 15) is 5.11 Å². The predicted octanol–water partition coefficient (Wildman–Crippen LogP) is 3.85. The smallest absolute Gasteiger partial charge is 0.136 e. The van der Waals surface area contributed by atoms with Crippen LogP contribution in [0.15, 0.2) is 16.6 Å². The highest BCUT2D eigenvalue weighted by atomic mass is 79.9. The van der Waals surface area contributed by atoms with Crippen molar-refractivity contribution < 1.29 is 5.11 Å². The topological polar surface area (TPSA) is 46.2 Å². The average molecular weight is 293 g/mol. The van der Waals surface area contributed by atoms with Gasteiger partial charge in [0.2, 0.25) is 0 Å². The van der Waals surface area contributed by atoms with Gasteiger partial charge in [-0.15, -0.1) is 0 Å². The Morgan fingerprint density at radius 2 is 1.93 bits per heavy atom. The minimum atomic E-state index is -0.230. The maximum absolute atomic E-state index is 9.90. The molecule has 4 heteroatoms. The quantitative estimate of drug-likeness (QED) is 0.826. The van der Waals surface area contributed by atoms with Crippen molar-refractivity contribution in [2.24, 2.45) is 11.1 Å². The monoisotopic (exact) mass is 291 g/mol. The number of phenolic OH excluding ortho intramolecular Hbond substituents is 1. The fourth-order valence-corrected chi connectivity index (χ4v) is 1.79. The fourth-order valence-electron chi connectivity index (χ4n) is 1.27. The third kappa shape index (κ3) is 2.65. The molecule has 0 spiro atoms. The molecule has 15 heavy (non-hydrogen) atoms. The molecule has 1 rings (SSSR count). The van der Waals surface area contributed by atoms with Gasteiger partial charge in [0.05, 0.1) is 9.50 Å². The second-order valence-corrected chi connectivity index (χ2v) is 5.84. The van der Waals surface area contributed by atoms with Gasteiger partial charge in [-0.3, -0.25) is 0 Å². The highest BCUT2D eigenvalue weighted by molar-refractivity contribution is 9.10. The van der Waals surface area contributed by atoms with E-state index >= 15 is 0 Å². The number of aromatic hydroxyl groups is 1. The molecule has 0 amide bonds. The van der Waals surface area contributed by atoms with E-state index in [1.54, 1.807) is 12.1 Å². The Kier molecular flexibility index (Phi) is 3.69. The fraction of sp³-hybridized carbons (Fsp3) is 0.455. The van der Waals surface area contributed by atoms with Crippen molar-refractivity contribution in [2.45, 2.75) is 26.8 Å². The van der Waals surface area contributed by atoms with Crippen molar-refractivity contribution in [2.75, 3.05) is 0 Å². The van der Waals surface area contributed by atoms with Crippen molar-refractivity contribution >= 4 is 27.5 Å². The molecule has 0 aromatic heterocycles. The molecular weight excluding hydrogens is 277 g/mol. The van der Waals surface area contributed by atoms with Gasteiger partial charge in [-0.05, 0) is 27.4 Å². The maximum Gasteiger partial charge on any atom is 0.136 e. The van der Waals surface area contributed by atoms with Crippen LogP contribution in [0.2, 0.25) is 5.02 Å². The summed E-state index contributed by atoms with van der Waals surface area (Å²) in [5.74, 6) is 0.130. The van der Waals surface area contributed by atoms with E-state index in [2.05, 4.69) is 15.9 Å². The first kappa shape index (κ1) is 12.8. The van der Waals surface area contributed by atoms with Crippen molar-refractivity contribution in [1.82, 2.24) is 0 Å². The van der Waals surface area contributed by atoms with Gasteiger partial charge in [0.15, 0.2) is 0 Å². The zero-order valence-corrected chi connectivity index (χ0v) is 11.4. The molecule has 0 unspecified atom stereocenters. The molecule has 0 heterocycles. The van der Waals surface area contributed by atoms with Crippen LogP contribution in [0.5, 0.6) is 5.75 Å². The number of nitrogens with two attached hydrogens (primary N) is 1. The van der Waals surface area contributed by atoms with Crippen LogP contribution in [0.25, 0.3) is 0 Å². The van der Waals surface area contributed by atoms with E-state index in [0.29, 0.717) is 15.1 Å². The number of phenols is 1. The molecular formula is C11H15BrClNO. The highest BCUT2D eigenvalue weighted by Crippen LogP contribution is 2.41. The molecule has 0 aliphatic carbocycles. The number of halogens is 2. The summed E-state index contributed by atoms with van der Waals surface area (Å²) in [5.41, 5.74) is 6.67. The summed E-state index contributed by atoms with van der Waals surface area (Å²) < 4.78 is 0.501.